The predicted octanol–water partition coefficient (Wildman–Crippen LogP) is 4.52. The summed E-state index contributed by atoms with van der Waals surface area (Å²) in [4.78, 5) is 27.8. The van der Waals surface area contributed by atoms with Crippen LogP contribution in [-0.2, 0) is 16.0 Å². The third kappa shape index (κ3) is 3.40. The molecule has 1 atom stereocenters. The number of aliphatic hydroxyl groups excluding tert-OH is 1. The molecule has 0 bridgehead atoms. The molecule has 5 nitrogen and oxygen atoms in total. The molecule has 160 valence electrons. The average Bonchev–Trinajstić information content (AvgIpc) is 3.40. The van der Waals surface area contributed by atoms with Crippen LogP contribution in [-0.4, -0.2) is 34.3 Å². The molecular formula is C25H24FNO4. The van der Waals surface area contributed by atoms with Crippen LogP contribution in [0.1, 0.15) is 54.8 Å². The van der Waals surface area contributed by atoms with E-state index in [4.69, 9.17) is 4.74 Å². The van der Waals surface area contributed by atoms with Gasteiger partial charge in [0.15, 0.2) is 0 Å². The van der Waals surface area contributed by atoms with Crippen LogP contribution in [0.3, 0.4) is 0 Å². The van der Waals surface area contributed by atoms with E-state index >= 15 is 0 Å². The van der Waals surface area contributed by atoms with Gasteiger partial charge in [0.05, 0.1) is 18.2 Å². The van der Waals surface area contributed by atoms with Gasteiger partial charge in [-0.05, 0) is 67.1 Å². The Bertz CT molecular complexity index is 1070. The Labute approximate surface area is 180 Å². The Morgan fingerprint density at radius 3 is 2.52 bits per heavy atom. The number of nitrogens with zero attached hydrogens (tertiary/aromatic N) is 1. The van der Waals surface area contributed by atoms with Crippen LogP contribution in [0, 0.1) is 5.82 Å². The van der Waals surface area contributed by atoms with E-state index in [2.05, 4.69) is 0 Å². The Morgan fingerprint density at radius 1 is 1.03 bits per heavy atom. The van der Waals surface area contributed by atoms with Crippen molar-refractivity contribution in [2.24, 2.45) is 0 Å². The van der Waals surface area contributed by atoms with E-state index in [1.165, 1.54) is 12.1 Å². The third-order valence-corrected chi connectivity index (χ3v) is 6.57. The van der Waals surface area contributed by atoms with E-state index in [0.717, 1.165) is 49.8 Å². The number of fused-ring (bicyclic) bond motifs is 1. The average molecular weight is 421 g/mol. The molecule has 0 spiro atoms. The van der Waals surface area contributed by atoms with Crippen LogP contribution < -0.4 is 4.74 Å². The van der Waals surface area contributed by atoms with Crippen LogP contribution in [0.25, 0.3) is 5.76 Å². The lowest BCUT2D eigenvalue weighted by Gasteiger charge is -2.30. The first-order valence-corrected chi connectivity index (χ1v) is 10.9. The van der Waals surface area contributed by atoms with Gasteiger partial charge in [-0.15, -0.1) is 0 Å². The van der Waals surface area contributed by atoms with Gasteiger partial charge in [-0.25, -0.2) is 4.39 Å². The molecule has 2 aliphatic heterocycles. The molecule has 3 aliphatic rings. The summed E-state index contributed by atoms with van der Waals surface area (Å²) in [7, 11) is 0. The maximum atomic E-state index is 13.6. The number of hydrogen-bond donors (Lipinski definition) is 1. The van der Waals surface area contributed by atoms with E-state index in [-0.39, 0.29) is 17.4 Å². The molecule has 1 saturated carbocycles. The van der Waals surface area contributed by atoms with Gasteiger partial charge in [0.25, 0.3) is 11.7 Å². The number of halogens is 1. The van der Waals surface area contributed by atoms with Crippen molar-refractivity contribution < 1.29 is 23.8 Å². The van der Waals surface area contributed by atoms with E-state index < -0.39 is 23.5 Å². The number of likely N-dealkylation sites (tertiary alicyclic amines) is 1. The fourth-order valence-electron chi connectivity index (χ4n) is 5.04. The van der Waals surface area contributed by atoms with Crippen LogP contribution in [0.15, 0.2) is 48.0 Å². The molecule has 2 aromatic rings. The molecule has 0 aromatic heterocycles. The third-order valence-electron chi connectivity index (χ3n) is 6.57. The number of aryl methyl sites for hydroxylation is 1. The van der Waals surface area contributed by atoms with Gasteiger partial charge < -0.3 is 14.7 Å². The van der Waals surface area contributed by atoms with Crippen LogP contribution >= 0.6 is 0 Å². The second kappa shape index (κ2) is 7.84. The molecular weight excluding hydrogens is 397 g/mol. The summed E-state index contributed by atoms with van der Waals surface area (Å²) in [5, 5.41) is 11.2. The Balaban J connectivity index is 1.64. The number of hydrogen-bond acceptors (Lipinski definition) is 4. The second-order valence-electron chi connectivity index (χ2n) is 8.47. The summed E-state index contributed by atoms with van der Waals surface area (Å²) in [5.74, 6) is -1.08. The largest absolute Gasteiger partial charge is 0.507 e. The van der Waals surface area contributed by atoms with E-state index in [1.807, 2.05) is 6.07 Å². The molecule has 1 aliphatic carbocycles. The highest BCUT2D eigenvalue weighted by atomic mass is 19.1. The lowest BCUT2D eigenvalue weighted by atomic mass is 9.93. The number of aliphatic hydroxyl groups is 1. The van der Waals surface area contributed by atoms with Crippen LogP contribution in [0.2, 0.25) is 0 Å². The molecule has 1 N–H and O–H groups in total. The van der Waals surface area contributed by atoms with E-state index in [0.29, 0.717) is 17.7 Å². The second-order valence-corrected chi connectivity index (χ2v) is 8.47. The molecule has 2 heterocycles. The van der Waals surface area contributed by atoms with E-state index in [9.17, 15) is 19.1 Å². The summed E-state index contributed by atoms with van der Waals surface area (Å²) >= 11 is 0. The molecule has 2 aromatic carbocycles. The van der Waals surface area contributed by atoms with Crippen LogP contribution in [0.5, 0.6) is 5.75 Å². The molecule has 2 fully saturated rings. The van der Waals surface area contributed by atoms with Gasteiger partial charge in [0.2, 0.25) is 0 Å². The molecule has 31 heavy (non-hydrogen) atoms. The minimum Gasteiger partial charge on any atom is -0.507 e. The fraction of sp³-hybridized carbons (Fsp3) is 0.360. The highest BCUT2D eigenvalue weighted by molar-refractivity contribution is 6.46. The number of carbonyl (C=O) groups is 2. The summed E-state index contributed by atoms with van der Waals surface area (Å²) < 4.78 is 19.2. The van der Waals surface area contributed by atoms with Crippen molar-refractivity contribution in [3.8, 4) is 5.75 Å². The highest BCUT2D eigenvalue weighted by Gasteiger charge is 2.49. The topological polar surface area (TPSA) is 66.8 Å². The first-order chi connectivity index (χ1) is 15.0. The minimum atomic E-state index is -0.726. The van der Waals surface area contributed by atoms with Gasteiger partial charge in [-0.2, -0.15) is 0 Å². The van der Waals surface area contributed by atoms with Crippen molar-refractivity contribution in [2.45, 2.75) is 50.6 Å². The van der Waals surface area contributed by atoms with Crippen molar-refractivity contribution >= 4 is 17.4 Å². The smallest absolute Gasteiger partial charge is 0.295 e. The number of amides is 1. The zero-order valence-electron chi connectivity index (χ0n) is 17.1. The van der Waals surface area contributed by atoms with Crippen molar-refractivity contribution in [2.75, 3.05) is 6.61 Å². The monoisotopic (exact) mass is 421 g/mol. The Hall–Kier alpha value is -3.15. The number of ketones is 1. The van der Waals surface area contributed by atoms with Crippen molar-refractivity contribution in [1.82, 2.24) is 4.90 Å². The first kappa shape index (κ1) is 19.8. The lowest BCUT2D eigenvalue weighted by Crippen LogP contribution is -2.37. The molecule has 1 saturated heterocycles. The van der Waals surface area contributed by atoms with Gasteiger partial charge >= 0.3 is 0 Å². The molecule has 0 radical (unpaired) electrons. The first-order valence-electron chi connectivity index (χ1n) is 10.9. The Morgan fingerprint density at radius 2 is 1.77 bits per heavy atom. The predicted molar refractivity (Wildman–Crippen MR) is 113 cm³/mol. The molecule has 6 heteroatoms. The van der Waals surface area contributed by atoms with E-state index in [1.54, 1.807) is 29.2 Å². The van der Waals surface area contributed by atoms with Gasteiger partial charge in [-0.3, -0.25) is 9.59 Å². The van der Waals surface area contributed by atoms with Gasteiger partial charge in [0, 0.05) is 11.6 Å². The minimum absolute atomic E-state index is 0.0614. The number of ether oxygens (including phenoxy) is 1. The number of carbonyl (C=O) groups excluding carboxylic acids is 2. The molecule has 1 unspecified atom stereocenters. The lowest BCUT2D eigenvalue weighted by molar-refractivity contribution is -0.141. The van der Waals surface area contributed by atoms with Crippen molar-refractivity contribution in [3.05, 3.63) is 70.5 Å². The van der Waals surface area contributed by atoms with Crippen molar-refractivity contribution in [1.29, 1.82) is 0 Å². The maximum Gasteiger partial charge on any atom is 0.295 e. The quantitative estimate of drug-likeness (QED) is 0.450. The highest BCUT2D eigenvalue weighted by Crippen LogP contribution is 2.43. The summed E-state index contributed by atoms with van der Waals surface area (Å²) in [6, 6.07) is 10.4. The number of rotatable bonds is 3. The summed E-state index contributed by atoms with van der Waals surface area (Å²) in [6.45, 7) is 0.662. The summed E-state index contributed by atoms with van der Waals surface area (Å²) in [5.41, 5.74) is 2.15. The maximum absolute atomic E-state index is 13.6. The van der Waals surface area contributed by atoms with Gasteiger partial charge in [-0.1, -0.05) is 25.0 Å². The SMILES string of the molecule is O=C1C(=O)N(C2CCCC2)C(c2ccc(F)cc2)/C1=C(/O)c1ccc2c(c1)CCCO2. The Kier molecular flexibility index (Phi) is 5.00. The summed E-state index contributed by atoms with van der Waals surface area (Å²) in [6.07, 6.45) is 5.35. The number of Topliss-reactive ketones (excluding diaryl/α,β-unsaturated/α-hetero) is 1. The van der Waals surface area contributed by atoms with Crippen molar-refractivity contribution in [3.63, 3.8) is 0 Å². The van der Waals surface area contributed by atoms with Crippen LogP contribution in [0.4, 0.5) is 4.39 Å². The molecule has 1 amide bonds. The normalized spacial score (nSPS) is 23.1. The fourth-order valence-corrected chi connectivity index (χ4v) is 5.04. The zero-order valence-corrected chi connectivity index (χ0v) is 17.1. The zero-order chi connectivity index (χ0) is 21.5. The molecule has 5 rings (SSSR count). The standard InChI is InChI=1S/C25H24FNO4/c26-18-10-7-15(8-11-18)22-21(24(29)25(30)27(22)19-5-1-2-6-19)23(28)17-9-12-20-16(14-17)4-3-13-31-20/h7-12,14,19,22,28H,1-6,13H2/b23-21-. The van der Waals surface area contributed by atoms with Gasteiger partial charge in [0.1, 0.15) is 17.3 Å². The number of benzene rings is 2.